The summed E-state index contributed by atoms with van der Waals surface area (Å²) in [4.78, 5) is 72.4. The Bertz CT molecular complexity index is 1790. The van der Waals surface area contributed by atoms with E-state index in [2.05, 4.69) is 0 Å². The lowest BCUT2D eigenvalue weighted by molar-refractivity contribution is -0.149. The van der Waals surface area contributed by atoms with Gasteiger partial charge >= 0.3 is 17.9 Å². The maximum absolute atomic E-state index is 12.7. The van der Waals surface area contributed by atoms with E-state index in [4.69, 9.17) is 14.6 Å². The van der Waals surface area contributed by atoms with Crippen LogP contribution >= 0.6 is 0 Å². The Kier molecular flexibility index (Phi) is 12.9. The third kappa shape index (κ3) is 9.35. The molecule has 0 fully saturated rings. The number of carbonyl (C=O) groups is 6. The molecule has 0 radical (unpaired) electrons. The minimum Gasteiger partial charge on any atom is -0.481 e. The van der Waals surface area contributed by atoms with E-state index in [0.29, 0.717) is 40.0 Å². The Morgan fingerprint density at radius 2 is 1.18 bits per heavy atom. The summed E-state index contributed by atoms with van der Waals surface area (Å²) in [5.74, 6) is -4.01. The van der Waals surface area contributed by atoms with E-state index in [-0.39, 0.29) is 30.2 Å². The summed E-state index contributed by atoms with van der Waals surface area (Å²) < 4.78 is 10.3. The Morgan fingerprint density at radius 1 is 0.680 bits per heavy atom. The van der Waals surface area contributed by atoms with Gasteiger partial charge in [0.1, 0.15) is 5.75 Å². The first-order valence-electron chi connectivity index (χ1n) is 16.2. The third-order valence-electron chi connectivity index (χ3n) is 8.41. The van der Waals surface area contributed by atoms with Crippen molar-refractivity contribution in [1.29, 1.82) is 0 Å². The number of ether oxygens (including phenoxy) is 2. The molecule has 9 heteroatoms. The number of esters is 2. The monoisotopic (exact) mass is 674 g/mol. The highest BCUT2D eigenvalue weighted by atomic mass is 16.5. The van der Waals surface area contributed by atoms with Crippen LogP contribution in [0.25, 0.3) is 6.08 Å². The number of methoxy groups -OCH3 is 1. The predicted molar refractivity (Wildman–Crippen MR) is 187 cm³/mol. The van der Waals surface area contributed by atoms with Crippen molar-refractivity contribution >= 4 is 41.3 Å². The van der Waals surface area contributed by atoms with Gasteiger partial charge in [0.05, 0.1) is 24.9 Å². The highest BCUT2D eigenvalue weighted by Crippen LogP contribution is 2.27. The molecular formula is C41H38O9. The topological polar surface area (TPSA) is 141 Å². The number of benzene rings is 4. The van der Waals surface area contributed by atoms with Gasteiger partial charge in [-0.3, -0.25) is 28.8 Å². The molecule has 0 bridgehead atoms. The Morgan fingerprint density at radius 3 is 1.64 bits per heavy atom. The number of hydrogen-bond acceptors (Lipinski definition) is 8. The summed E-state index contributed by atoms with van der Waals surface area (Å²) in [6.45, 7) is 3.32. The summed E-state index contributed by atoms with van der Waals surface area (Å²) in [7, 11) is 1.24. The van der Waals surface area contributed by atoms with Gasteiger partial charge in [-0.25, -0.2) is 0 Å². The third-order valence-corrected chi connectivity index (χ3v) is 8.41. The number of carbonyl (C=O) groups excluding carboxylic acids is 5. The highest BCUT2D eigenvalue weighted by Gasteiger charge is 2.31. The molecule has 1 aliphatic carbocycles. The molecule has 4 aromatic rings. The van der Waals surface area contributed by atoms with Crippen LogP contribution in [0.15, 0.2) is 109 Å². The van der Waals surface area contributed by atoms with Crippen LogP contribution in [0.4, 0.5) is 0 Å². The summed E-state index contributed by atoms with van der Waals surface area (Å²) in [5.41, 5.74) is 3.39. The van der Waals surface area contributed by atoms with Crippen LogP contribution in [-0.2, 0) is 19.1 Å². The van der Waals surface area contributed by atoms with E-state index in [1.165, 1.54) is 20.1 Å². The van der Waals surface area contributed by atoms with Crippen molar-refractivity contribution in [2.45, 2.75) is 33.1 Å². The van der Waals surface area contributed by atoms with Gasteiger partial charge in [0, 0.05) is 27.8 Å². The van der Waals surface area contributed by atoms with Crippen LogP contribution in [0.1, 0.15) is 80.9 Å². The molecule has 0 heterocycles. The second kappa shape index (κ2) is 17.4. The second-order valence-electron chi connectivity index (χ2n) is 11.8. The van der Waals surface area contributed by atoms with Crippen molar-refractivity contribution in [3.63, 3.8) is 0 Å². The first-order valence-corrected chi connectivity index (χ1v) is 16.2. The lowest BCUT2D eigenvalue weighted by Crippen LogP contribution is -2.29. The molecule has 0 amide bonds. The summed E-state index contributed by atoms with van der Waals surface area (Å²) >= 11 is 0. The molecule has 5 rings (SSSR count). The van der Waals surface area contributed by atoms with E-state index in [1.54, 1.807) is 110 Å². The molecule has 1 aliphatic rings. The Hall–Kier alpha value is -5.96. The van der Waals surface area contributed by atoms with Crippen molar-refractivity contribution in [3.8, 4) is 5.75 Å². The normalized spacial score (nSPS) is 13.5. The Balaban J connectivity index is 0.000000288. The molecule has 1 N–H and O–H groups in total. The van der Waals surface area contributed by atoms with Crippen molar-refractivity contribution < 1.29 is 43.3 Å². The zero-order valence-corrected chi connectivity index (χ0v) is 28.0. The summed E-state index contributed by atoms with van der Waals surface area (Å²) in [6, 6.07) is 29.5. The van der Waals surface area contributed by atoms with Gasteiger partial charge in [0.25, 0.3) is 0 Å². The molecule has 3 unspecified atom stereocenters. The van der Waals surface area contributed by atoms with E-state index in [0.717, 1.165) is 5.56 Å². The zero-order valence-electron chi connectivity index (χ0n) is 28.0. The maximum atomic E-state index is 12.7. The van der Waals surface area contributed by atoms with Crippen LogP contribution in [0.2, 0.25) is 0 Å². The van der Waals surface area contributed by atoms with Gasteiger partial charge in [-0.1, -0.05) is 111 Å². The number of ketones is 3. The molecule has 0 aromatic heterocycles. The molecule has 9 nitrogen and oxygen atoms in total. The minimum absolute atomic E-state index is 0.0641. The fraction of sp³-hybridized carbons (Fsp3) is 0.220. The number of carboxylic acids is 1. The summed E-state index contributed by atoms with van der Waals surface area (Å²) in [5, 5.41) is 9.16. The van der Waals surface area contributed by atoms with Gasteiger partial charge in [-0.15, -0.1) is 0 Å². The largest absolute Gasteiger partial charge is 0.481 e. The average molecular weight is 675 g/mol. The maximum Gasteiger partial charge on any atom is 0.314 e. The second-order valence-corrected chi connectivity index (χ2v) is 11.8. The molecule has 3 atom stereocenters. The molecule has 0 saturated carbocycles. The van der Waals surface area contributed by atoms with Crippen LogP contribution in [0.3, 0.4) is 0 Å². The minimum atomic E-state index is -1.01. The van der Waals surface area contributed by atoms with Crippen LogP contribution in [-0.4, -0.2) is 47.5 Å². The van der Waals surface area contributed by atoms with Crippen molar-refractivity contribution in [3.05, 3.63) is 143 Å². The van der Waals surface area contributed by atoms with Gasteiger partial charge in [-0.05, 0) is 43.0 Å². The molecule has 256 valence electrons. The molecule has 0 saturated heterocycles. The van der Waals surface area contributed by atoms with E-state index in [1.807, 2.05) is 6.07 Å². The highest BCUT2D eigenvalue weighted by molar-refractivity contribution is 6.28. The molecule has 0 aliphatic heterocycles. The van der Waals surface area contributed by atoms with Crippen LogP contribution in [0, 0.1) is 17.8 Å². The van der Waals surface area contributed by atoms with Gasteiger partial charge < -0.3 is 14.6 Å². The average Bonchev–Trinajstić information content (AvgIpc) is 3.15. The summed E-state index contributed by atoms with van der Waals surface area (Å²) in [6.07, 6.45) is 3.81. The molecule has 0 spiro atoms. The zero-order chi connectivity index (χ0) is 36.2. The van der Waals surface area contributed by atoms with E-state index >= 15 is 0 Å². The van der Waals surface area contributed by atoms with E-state index in [9.17, 15) is 28.8 Å². The molecule has 4 aromatic carbocycles. The first-order chi connectivity index (χ1) is 24.0. The fourth-order valence-electron chi connectivity index (χ4n) is 5.52. The fourth-order valence-corrected chi connectivity index (χ4v) is 5.52. The molecular weight excluding hydrogens is 636 g/mol. The van der Waals surface area contributed by atoms with Crippen molar-refractivity contribution in [2.75, 3.05) is 7.11 Å². The van der Waals surface area contributed by atoms with Gasteiger partial charge in [0.2, 0.25) is 0 Å². The number of aliphatic carboxylic acids is 1. The van der Waals surface area contributed by atoms with Gasteiger partial charge in [-0.2, -0.15) is 0 Å². The SMILES string of the molecule is CCC(CC(CC(C)C(=O)O)C(=O)OC)C(=O)Oc1ccc(/C=C/C(=O)c2ccccc2)cc1.O=C1c2ccccc2C(=O)c2ccccc21. The van der Waals surface area contributed by atoms with Crippen LogP contribution in [0.5, 0.6) is 5.75 Å². The first kappa shape index (κ1) is 36.9. The number of carboxylic acid groups (broad SMARTS) is 1. The predicted octanol–water partition coefficient (Wildman–Crippen LogP) is 7.27. The standard InChI is InChI=1S/C27H30O7.C14H8O2/c1-4-20(17-22(26(31)33-3)16-18(2)25(29)30)27(32)34-23-13-10-19(11-14-23)12-15-24(28)21-8-6-5-7-9-21;15-13-9-5-1-2-6-10(9)14(16)12-8-4-3-7-11(12)13/h5-15,18,20,22H,4,16-17H2,1-3H3,(H,29,30);1-8H/b15-12+;. The van der Waals surface area contributed by atoms with Gasteiger partial charge in [0.15, 0.2) is 17.3 Å². The smallest absolute Gasteiger partial charge is 0.314 e. The number of hydrogen-bond donors (Lipinski definition) is 1. The quantitative estimate of drug-likeness (QED) is 0.0626. The Labute approximate surface area is 290 Å². The van der Waals surface area contributed by atoms with Crippen LogP contribution < -0.4 is 4.74 Å². The lowest BCUT2D eigenvalue weighted by Gasteiger charge is -2.21. The number of rotatable bonds is 12. The lowest BCUT2D eigenvalue weighted by atomic mass is 9.84. The number of fused-ring (bicyclic) bond motifs is 2. The molecule has 50 heavy (non-hydrogen) atoms. The van der Waals surface area contributed by atoms with Crippen molar-refractivity contribution in [1.82, 2.24) is 0 Å². The van der Waals surface area contributed by atoms with Crippen molar-refractivity contribution in [2.24, 2.45) is 17.8 Å². The number of allylic oxidation sites excluding steroid dienone is 1. The van der Waals surface area contributed by atoms with E-state index < -0.39 is 35.7 Å².